The summed E-state index contributed by atoms with van der Waals surface area (Å²) in [6.07, 6.45) is 14.4. The van der Waals surface area contributed by atoms with Gasteiger partial charge in [0.25, 0.3) is 0 Å². The van der Waals surface area contributed by atoms with Gasteiger partial charge in [-0.15, -0.1) is 196 Å². The minimum absolute atomic E-state index is 0. The number of aromatic nitrogens is 9. The molecule has 0 aliphatic carbocycles. The molecule has 666 valence electrons. The summed E-state index contributed by atoms with van der Waals surface area (Å²) in [7, 11) is 0. The predicted octanol–water partition coefficient (Wildman–Crippen LogP) is 29.2. The third-order valence-electron chi connectivity index (χ3n) is 23.2. The van der Waals surface area contributed by atoms with Crippen molar-refractivity contribution in [3.63, 3.8) is 0 Å². The summed E-state index contributed by atoms with van der Waals surface area (Å²) in [5, 5.41) is 2.35. The van der Waals surface area contributed by atoms with Crippen LogP contribution in [0.1, 0.15) is 0 Å². The zero-order valence-corrected chi connectivity index (χ0v) is 81.9. The Morgan fingerprint density at radius 3 is 0.942 bits per heavy atom. The molecule has 20 heteroatoms. The number of benzene rings is 13. The maximum atomic E-state index is 6.25. The van der Waals surface area contributed by atoms with Gasteiger partial charge in [0.2, 0.25) is 0 Å². The van der Waals surface area contributed by atoms with E-state index in [4.69, 9.17) is 14.2 Å². The summed E-state index contributed by atoms with van der Waals surface area (Å²) in [5.74, 6) is 4.12. The molecule has 9 aromatic heterocycles. The van der Waals surface area contributed by atoms with Gasteiger partial charge in [-0.3, -0.25) is 0 Å². The molecule has 22 aromatic rings. The Morgan fingerprint density at radius 1 is 0.210 bits per heavy atom. The third-order valence-corrected chi connectivity index (χ3v) is 23.2. The van der Waals surface area contributed by atoms with Crippen molar-refractivity contribution in [2.45, 2.75) is 0 Å². The fourth-order valence-electron chi connectivity index (χ4n) is 17.2. The number of nitrogens with zero attached hydrogens (tertiary/aromatic N) is 13. The van der Waals surface area contributed by atoms with Gasteiger partial charge in [0, 0.05) is 89.3 Å². The van der Waals surface area contributed by atoms with Gasteiger partial charge in [0.05, 0.1) is 28.6 Å². The molecule has 26 rings (SSSR count). The molecule has 0 fully saturated rings. The monoisotopic (exact) mass is 2500 g/mol. The normalized spacial score (nSPS) is 11.6. The van der Waals surface area contributed by atoms with Crippen molar-refractivity contribution >= 4 is 90.1 Å². The van der Waals surface area contributed by atoms with Crippen molar-refractivity contribution in [2.24, 2.45) is 0 Å². The number of hydrogen-bond donors (Lipinski definition) is 0. The molecule has 0 unspecified atom stereocenters. The number of rotatable bonds is 13. The predicted molar refractivity (Wildman–Crippen MR) is 529 cm³/mol. The average Bonchev–Trinajstić information content (AvgIpc) is 0.907. The minimum atomic E-state index is 0. The molecule has 13 aromatic carbocycles. The minimum Gasteiger partial charge on any atom is -0.497 e. The van der Waals surface area contributed by atoms with Crippen LogP contribution in [0, 0.1) is 48.5 Å². The SMILES string of the molecule is [Pt+2].[Pt+2].[Pt+2].[Pt+2].[c-]1c(-c2ccccn2)ccc2c1N1c3[c-]c(-c4ccccn4)ccc3N(c3ccccc3)c3cccc(c31)N2c1ccccc1.[c-]1c(-c2ccccn2)ccc2c1N1c3[c-]c(-c4ccccn4)ccc3Oc3cccc(c31)O2.[c-]1c(-c2ccccn2)cccc1-n1c2[c-]c(-c3ccccn3)ccc2c2ccccc21.[c-]1c(Oc2[c-]c(-c3ccccn3)ccc2)cccc1-c1ccccn1. The number of fused-ring (bicyclic) bond motifs is 11. The molecule has 4 aliphatic heterocycles. The first-order valence-electron chi connectivity index (χ1n) is 43.7. The number of anilines is 12. The van der Waals surface area contributed by atoms with Crippen molar-refractivity contribution in [3.05, 3.63) is 480 Å². The van der Waals surface area contributed by atoms with Gasteiger partial charge in [-0.2, -0.15) is 0 Å². The standard InChI is InChI=1S/C40H25N5.C28H15N3O2.C28H17N3.C22H14N2O.4Pt/c1-3-12-30(13-4-1)43-34-22-20-28(32-16-7-9-24-41-32)26-38(34)45-39-27-29(33-17-8-10-25-42-33)21-23-35(39)44(31-14-5-2-6-15-31)37-19-11-18-36(43)40(37)45;1-3-14-29-20(6-1)18-10-12-24-22(16-18)31-23-17-19(21-7-2-4-15-30-21)11-13-25(23)33-27-9-5-8-26(32-24)28(27)31;1-2-13-27-23(10-1)24-15-14-21(26-12-4-6-17-30-26)19-28(24)31(27)22-9-7-8-20(18-22)25-11-3-5-16-29-25;1-3-13-23-21(11-1)17-7-5-9-19(15-17)25-20-10-6-8-18(16-20)22-12-2-4-14-24-22;;;;/h1-25H;1-15H;1-17H;1-14H;;;;/q4*-2;4*+2. The number of para-hydroxylation sites is 5. The smallest absolute Gasteiger partial charge is 0.497 e. The Labute approximate surface area is 855 Å². The van der Waals surface area contributed by atoms with Crippen molar-refractivity contribution in [1.82, 2.24) is 44.4 Å². The zero-order chi connectivity index (χ0) is 89.0. The molecular formula is C118H71N13O3Pt4. The molecular weight excluding hydrogens is 2430 g/mol. The van der Waals surface area contributed by atoms with E-state index >= 15 is 0 Å². The van der Waals surface area contributed by atoms with Crippen LogP contribution >= 0.6 is 0 Å². The topological polar surface area (TPSA) is 149 Å². The maximum Gasteiger partial charge on any atom is 2.00 e. The van der Waals surface area contributed by atoms with E-state index in [1.165, 1.54) is 5.39 Å². The summed E-state index contributed by atoms with van der Waals surface area (Å²) in [6, 6.07) is 156. The van der Waals surface area contributed by atoms with Gasteiger partial charge in [-0.05, 0) is 188 Å². The molecule has 0 saturated heterocycles. The molecule has 0 bridgehead atoms. The van der Waals surface area contributed by atoms with Crippen LogP contribution < -0.4 is 33.8 Å². The Bertz CT molecular complexity index is 7720. The molecule has 16 nitrogen and oxygen atoms in total. The number of pyridine rings is 8. The summed E-state index contributed by atoms with van der Waals surface area (Å²) >= 11 is 0. The van der Waals surface area contributed by atoms with Crippen molar-refractivity contribution in [3.8, 4) is 130 Å². The molecule has 0 saturated carbocycles. The first-order chi connectivity index (χ1) is 66.5. The second-order valence-corrected chi connectivity index (χ2v) is 31.5. The number of hydrogen-bond acceptors (Lipinski definition) is 15. The van der Waals surface area contributed by atoms with Crippen molar-refractivity contribution < 1.29 is 98.5 Å². The van der Waals surface area contributed by atoms with E-state index in [1.807, 2.05) is 255 Å². The van der Waals surface area contributed by atoms with E-state index in [0.29, 0.717) is 23.0 Å². The van der Waals surface area contributed by atoms with Crippen molar-refractivity contribution in [1.29, 1.82) is 0 Å². The summed E-state index contributed by atoms with van der Waals surface area (Å²) in [5.41, 5.74) is 29.1. The van der Waals surface area contributed by atoms with Crippen LogP contribution in [0.25, 0.3) is 118 Å². The van der Waals surface area contributed by atoms with Crippen LogP contribution in [-0.4, -0.2) is 44.4 Å². The van der Waals surface area contributed by atoms with E-state index in [9.17, 15) is 0 Å². The van der Waals surface area contributed by atoms with Gasteiger partial charge in [-0.1, -0.05) is 181 Å². The average molecular weight is 2500 g/mol. The maximum absolute atomic E-state index is 6.25. The first kappa shape index (κ1) is 91.3. The second kappa shape index (κ2) is 41.2. The fraction of sp³-hybridized carbons (Fsp3) is 0. The fourth-order valence-corrected chi connectivity index (χ4v) is 17.2. The largest absolute Gasteiger partial charge is 2.00 e. The first-order valence-corrected chi connectivity index (χ1v) is 43.7. The van der Waals surface area contributed by atoms with E-state index < -0.39 is 0 Å². The second-order valence-electron chi connectivity index (χ2n) is 31.5. The molecule has 4 aliphatic rings. The molecule has 0 atom stereocenters. The molecule has 0 N–H and O–H groups in total. The Hall–Kier alpha value is -15.8. The Morgan fingerprint density at radius 2 is 0.536 bits per heavy atom. The van der Waals surface area contributed by atoms with E-state index in [2.05, 4.69) is 264 Å². The van der Waals surface area contributed by atoms with Crippen LogP contribution in [-0.2, 0) is 84.3 Å². The van der Waals surface area contributed by atoms with Crippen LogP contribution in [0.2, 0.25) is 0 Å². The Balaban J connectivity index is 0.000000119. The van der Waals surface area contributed by atoms with Crippen molar-refractivity contribution in [2.75, 3.05) is 19.6 Å². The molecule has 0 amide bonds. The van der Waals surface area contributed by atoms with E-state index in [1.54, 1.807) is 24.8 Å². The van der Waals surface area contributed by atoms with Gasteiger partial charge >= 0.3 is 84.3 Å². The molecule has 0 spiro atoms. The van der Waals surface area contributed by atoms with Crippen LogP contribution in [0.4, 0.5) is 68.2 Å². The number of ether oxygens (including phenoxy) is 3. The molecule has 13 heterocycles. The van der Waals surface area contributed by atoms with Gasteiger partial charge in [0.15, 0.2) is 0 Å². The van der Waals surface area contributed by atoms with Gasteiger partial charge < -0.3 is 78.2 Å². The Kier molecular flexibility index (Phi) is 27.3. The quantitative estimate of drug-likeness (QED) is 0.101. The summed E-state index contributed by atoms with van der Waals surface area (Å²) < 4.78 is 20.7. The van der Waals surface area contributed by atoms with Crippen LogP contribution in [0.15, 0.2) is 432 Å². The third kappa shape index (κ3) is 18.2. The van der Waals surface area contributed by atoms with Crippen LogP contribution in [0.5, 0.6) is 34.5 Å². The molecule has 138 heavy (non-hydrogen) atoms. The zero-order valence-electron chi connectivity index (χ0n) is 72.8. The van der Waals surface area contributed by atoms with E-state index in [-0.39, 0.29) is 84.3 Å². The van der Waals surface area contributed by atoms with Crippen LogP contribution in [0.3, 0.4) is 0 Å². The van der Waals surface area contributed by atoms with Gasteiger partial charge in [-0.25, -0.2) is 0 Å². The summed E-state index contributed by atoms with van der Waals surface area (Å²) in [6.45, 7) is 0. The van der Waals surface area contributed by atoms with E-state index in [0.717, 1.165) is 192 Å². The van der Waals surface area contributed by atoms with Gasteiger partial charge in [0.1, 0.15) is 17.2 Å². The molecule has 0 radical (unpaired) electrons. The summed E-state index contributed by atoms with van der Waals surface area (Å²) in [4.78, 5) is 45.1.